The van der Waals surface area contributed by atoms with Gasteiger partial charge in [0.05, 0.1) is 7.11 Å². The molecule has 1 aromatic rings. The van der Waals surface area contributed by atoms with Gasteiger partial charge >= 0.3 is 0 Å². The largest absolute Gasteiger partial charge is 0.481 e. The molecule has 3 atom stereocenters. The van der Waals surface area contributed by atoms with E-state index in [-0.39, 0.29) is 0 Å². The van der Waals surface area contributed by atoms with E-state index < -0.39 is 0 Å². The number of nitrogens with zero attached hydrogens (tertiary/aromatic N) is 2. The van der Waals surface area contributed by atoms with Crippen LogP contribution in [0.3, 0.4) is 0 Å². The topological polar surface area (TPSA) is 51.4 Å². The van der Waals surface area contributed by atoms with Crippen molar-refractivity contribution in [2.24, 2.45) is 17.6 Å². The maximum Gasteiger partial charge on any atom is 0.214 e. The predicted molar refractivity (Wildman–Crippen MR) is 71.8 cm³/mol. The van der Waals surface area contributed by atoms with Gasteiger partial charge in [0.1, 0.15) is 5.82 Å². The Kier molecular flexibility index (Phi) is 3.12. The second kappa shape index (κ2) is 4.76. The fraction of sp³-hybridized carbons (Fsp3) is 0.643. The molecule has 0 aromatic carbocycles. The van der Waals surface area contributed by atoms with Crippen molar-refractivity contribution in [2.75, 3.05) is 25.1 Å². The molecule has 4 heteroatoms. The zero-order valence-electron chi connectivity index (χ0n) is 10.9. The molecule has 2 aliphatic rings. The second-order valence-corrected chi connectivity index (χ2v) is 5.54. The van der Waals surface area contributed by atoms with Gasteiger partial charge in [-0.05, 0) is 37.2 Å². The lowest BCUT2D eigenvalue weighted by Gasteiger charge is -2.27. The van der Waals surface area contributed by atoms with Gasteiger partial charge < -0.3 is 15.4 Å². The van der Waals surface area contributed by atoms with Gasteiger partial charge in [0.2, 0.25) is 5.88 Å². The van der Waals surface area contributed by atoms with E-state index in [9.17, 15) is 0 Å². The number of hydrogen-bond donors (Lipinski definition) is 1. The van der Waals surface area contributed by atoms with Crippen LogP contribution >= 0.6 is 0 Å². The number of nitrogens with two attached hydrogens (primary N) is 1. The van der Waals surface area contributed by atoms with E-state index in [0.717, 1.165) is 30.7 Å². The first-order chi connectivity index (χ1) is 8.76. The highest BCUT2D eigenvalue weighted by atomic mass is 16.5. The quantitative estimate of drug-likeness (QED) is 0.863. The van der Waals surface area contributed by atoms with Crippen molar-refractivity contribution < 1.29 is 4.74 Å². The van der Waals surface area contributed by atoms with Crippen LogP contribution in [0.25, 0.3) is 0 Å². The first-order valence-electron chi connectivity index (χ1n) is 6.78. The smallest absolute Gasteiger partial charge is 0.214 e. The van der Waals surface area contributed by atoms with Gasteiger partial charge in [-0.1, -0.05) is 6.07 Å². The Labute approximate surface area is 108 Å². The average molecular weight is 247 g/mol. The molecule has 2 heterocycles. The molecule has 1 aliphatic heterocycles. The van der Waals surface area contributed by atoms with E-state index in [4.69, 9.17) is 10.5 Å². The van der Waals surface area contributed by atoms with Gasteiger partial charge in [-0.3, -0.25) is 0 Å². The summed E-state index contributed by atoms with van der Waals surface area (Å²) in [6.45, 7) is 2.22. The third kappa shape index (κ3) is 2.17. The Morgan fingerprint density at radius 1 is 1.28 bits per heavy atom. The summed E-state index contributed by atoms with van der Waals surface area (Å²) in [6, 6.07) is 6.38. The monoisotopic (exact) mass is 247 g/mol. The highest BCUT2D eigenvalue weighted by Gasteiger charge is 2.37. The lowest BCUT2D eigenvalue weighted by molar-refractivity contribution is 0.271. The van der Waals surface area contributed by atoms with Crippen LogP contribution in [0.1, 0.15) is 19.3 Å². The molecule has 18 heavy (non-hydrogen) atoms. The van der Waals surface area contributed by atoms with E-state index in [1.807, 2.05) is 12.1 Å². The summed E-state index contributed by atoms with van der Waals surface area (Å²) >= 11 is 0. The Morgan fingerprint density at radius 3 is 2.94 bits per heavy atom. The van der Waals surface area contributed by atoms with Gasteiger partial charge in [0, 0.05) is 25.2 Å². The number of fused-ring (bicyclic) bond motifs is 1. The SMILES string of the molecule is COc1cccc(N2C[C@H]3CCC(N)C[C@H]3C2)n1. The summed E-state index contributed by atoms with van der Waals surface area (Å²) in [5.74, 6) is 3.29. The fourth-order valence-electron chi connectivity index (χ4n) is 3.35. The molecule has 1 saturated heterocycles. The van der Waals surface area contributed by atoms with Crippen molar-refractivity contribution in [3.05, 3.63) is 18.2 Å². The van der Waals surface area contributed by atoms with E-state index in [1.54, 1.807) is 7.11 Å². The number of rotatable bonds is 2. The van der Waals surface area contributed by atoms with E-state index >= 15 is 0 Å². The van der Waals surface area contributed by atoms with Crippen LogP contribution in [0.15, 0.2) is 18.2 Å². The lowest BCUT2D eigenvalue weighted by Crippen LogP contribution is -2.32. The summed E-state index contributed by atoms with van der Waals surface area (Å²) in [5.41, 5.74) is 6.07. The summed E-state index contributed by atoms with van der Waals surface area (Å²) < 4.78 is 5.19. The molecule has 0 radical (unpaired) electrons. The molecule has 1 saturated carbocycles. The zero-order valence-corrected chi connectivity index (χ0v) is 10.9. The highest BCUT2D eigenvalue weighted by Crippen LogP contribution is 2.37. The molecule has 4 nitrogen and oxygen atoms in total. The van der Waals surface area contributed by atoms with Crippen molar-refractivity contribution in [2.45, 2.75) is 25.3 Å². The fourth-order valence-corrected chi connectivity index (χ4v) is 3.35. The molecular formula is C14H21N3O. The molecule has 1 aromatic heterocycles. The van der Waals surface area contributed by atoms with Crippen LogP contribution in [0.2, 0.25) is 0 Å². The molecule has 2 N–H and O–H groups in total. The van der Waals surface area contributed by atoms with Crippen LogP contribution in [-0.2, 0) is 0 Å². The second-order valence-electron chi connectivity index (χ2n) is 5.54. The van der Waals surface area contributed by atoms with E-state index in [2.05, 4.69) is 16.0 Å². The van der Waals surface area contributed by atoms with Gasteiger partial charge in [-0.25, -0.2) is 0 Å². The predicted octanol–water partition coefficient (Wildman–Crippen LogP) is 1.65. The highest BCUT2D eigenvalue weighted by molar-refractivity contribution is 5.42. The molecule has 98 valence electrons. The van der Waals surface area contributed by atoms with Gasteiger partial charge in [0.15, 0.2) is 0 Å². The summed E-state index contributed by atoms with van der Waals surface area (Å²) in [7, 11) is 1.66. The van der Waals surface area contributed by atoms with Crippen LogP contribution in [0.5, 0.6) is 5.88 Å². The molecule has 0 amide bonds. The number of hydrogen-bond acceptors (Lipinski definition) is 4. The Bertz CT molecular complexity index is 423. The summed E-state index contributed by atoms with van der Waals surface area (Å²) in [5, 5.41) is 0. The molecular weight excluding hydrogens is 226 g/mol. The summed E-state index contributed by atoms with van der Waals surface area (Å²) in [6.07, 6.45) is 3.62. The van der Waals surface area contributed by atoms with Crippen molar-refractivity contribution in [3.8, 4) is 5.88 Å². The number of methoxy groups -OCH3 is 1. The molecule has 0 bridgehead atoms. The maximum absolute atomic E-state index is 6.07. The third-order valence-electron chi connectivity index (χ3n) is 4.33. The van der Waals surface area contributed by atoms with Crippen LogP contribution in [0, 0.1) is 11.8 Å². The first-order valence-corrected chi connectivity index (χ1v) is 6.78. The van der Waals surface area contributed by atoms with Gasteiger partial charge in [-0.2, -0.15) is 4.98 Å². The number of aromatic nitrogens is 1. The molecule has 2 fully saturated rings. The minimum absolute atomic E-state index is 0.407. The van der Waals surface area contributed by atoms with E-state index in [1.165, 1.54) is 19.3 Å². The van der Waals surface area contributed by atoms with Crippen molar-refractivity contribution in [3.63, 3.8) is 0 Å². The number of ether oxygens (including phenoxy) is 1. The minimum atomic E-state index is 0.407. The number of pyridine rings is 1. The Morgan fingerprint density at radius 2 is 2.11 bits per heavy atom. The van der Waals surface area contributed by atoms with Crippen LogP contribution in [-0.4, -0.2) is 31.2 Å². The van der Waals surface area contributed by atoms with Crippen LogP contribution < -0.4 is 15.4 Å². The van der Waals surface area contributed by atoms with Crippen molar-refractivity contribution >= 4 is 5.82 Å². The molecule has 0 spiro atoms. The minimum Gasteiger partial charge on any atom is -0.481 e. The maximum atomic E-state index is 6.07. The molecule has 1 aliphatic carbocycles. The van der Waals surface area contributed by atoms with E-state index in [0.29, 0.717) is 11.9 Å². The Balaban J connectivity index is 1.74. The number of anilines is 1. The van der Waals surface area contributed by atoms with Gasteiger partial charge in [-0.15, -0.1) is 0 Å². The zero-order chi connectivity index (χ0) is 12.5. The standard InChI is InChI=1S/C14H21N3O/c1-18-14-4-2-3-13(16-14)17-8-10-5-6-12(15)7-11(10)9-17/h2-4,10-12H,5-9,15H2,1H3/t10-,11+,12?/m1/s1. The van der Waals surface area contributed by atoms with Crippen LogP contribution in [0.4, 0.5) is 5.82 Å². The van der Waals surface area contributed by atoms with Crippen molar-refractivity contribution in [1.82, 2.24) is 4.98 Å². The third-order valence-corrected chi connectivity index (χ3v) is 4.33. The normalized spacial score (nSPS) is 31.2. The lowest BCUT2D eigenvalue weighted by atomic mass is 9.79. The molecule has 1 unspecified atom stereocenters. The van der Waals surface area contributed by atoms with Crippen molar-refractivity contribution in [1.29, 1.82) is 0 Å². The molecule has 3 rings (SSSR count). The van der Waals surface area contributed by atoms with Gasteiger partial charge in [0.25, 0.3) is 0 Å². The summed E-state index contributed by atoms with van der Waals surface area (Å²) in [4.78, 5) is 6.91. The average Bonchev–Trinajstić information content (AvgIpc) is 2.81. The first kappa shape index (κ1) is 11.8. The Hall–Kier alpha value is -1.29.